The fourth-order valence-corrected chi connectivity index (χ4v) is 2.41. The van der Waals surface area contributed by atoms with E-state index in [-0.39, 0.29) is 0 Å². The molecule has 2 N–H and O–H groups in total. The van der Waals surface area contributed by atoms with Gasteiger partial charge in [-0.25, -0.2) is 4.98 Å². The highest BCUT2D eigenvalue weighted by Gasteiger charge is 2.06. The van der Waals surface area contributed by atoms with Crippen LogP contribution in [-0.2, 0) is 6.54 Å². The Hall–Kier alpha value is -0.390. The molecule has 1 aromatic heterocycles. The molecule has 0 bridgehead atoms. The maximum atomic E-state index is 5.70. The van der Waals surface area contributed by atoms with Crippen molar-refractivity contribution in [2.45, 2.75) is 6.54 Å². The van der Waals surface area contributed by atoms with E-state index in [1.807, 2.05) is 41.7 Å². The Balaban J connectivity index is 2.51. The predicted octanol–water partition coefficient (Wildman–Crippen LogP) is 2.19. The highest BCUT2D eigenvalue weighted by Crippen LogP contribution is 2.07. The molecule has 0 spiro atoms. The molecule has 1 aromatic rings. The average molecular weight is 271 g/mol. The number of pyridine rings is 1. The molecule has 0 atom stereocenters. The second kappa shape index (κ2) is 8.66. The Bertz CT molecular complexity index is 312. The van der Waals surface area contributed by atoms with Gasteiger partial charge in [0.1, 0.15) is 5.82 Å². The second-order valence-electron chi connectivity index (χ2n) is 3.82. The van der Waals surface area contributed by atoms with Gasteiger partial charge in [0.05, 0.1) is 5.69 Å². The third-order valence-electron chi connectivity index (χ3n) is 2.44. The number of rotatable bonds is 8. The Morgan fingerprint density at radius 1 is 1.18 bits per heavy atom. The minimum absolute atomic E-state index is 0.609. The number of anilines is 1. The van der Waals surface area contributed by atoms with E-state index in [1.165, 1.54) is 0 Å². The smallest absolute Gasteiger partial charge is 0.123 e. The lowest BCUT2D eigenvalue weighted by molar-refractivity contribution is 0.297. The van der Waals surface area contributed by atoms with Gasteiger partial charge in [-0.2, -0.15) is 23.5 Å². The van der Waals surface area contributed by atoms with Gasteiger partial charge in [0, 0.05) is 31.1 Å². The molecule has 0 amide bonds. The fraction of sp³-hybridized carbons (Fsp3) is 0.583. The lowest BCUT2D eigenvalue weighted by Gasteiger charge is -2.21. The molecular formula is C12H21N3S2. The van der Waals surface area contributed by atoms with Crippen LogP contribution in [0.25, 0.3) is 0 Å². The molecular weight excluding hydrogens is 250 g/mol. The molecule has 3 nitrogen and oxygen atoms in total. The topological polar surface area (TPSA) is 42.1 Å². The van der Waals surface area contributed by atoms with Gasteiger partial charge in [-0.15, -0.1) is 0 Å². The van der Waals surface area contributed by atoms with Gasteiger partial charge in [0.2, 0.25) is 0 Å². The van der Waals surface area contributed by atoms with Crippen molar-refractivity contribution in [1.82, 2.24) is 9.88 Å². The van der Waals surface area contributed by atoms with Crippen LogP contribution in [0, 0.1) is 0 Å². The summed E-state index contributed by atoms with van der Waals surface area (Å²) >= 11 is 3.77. The molecule has 0 unspecified atom stereocenters. The Morgan fingerprint density at radius 3 is 2.35 bits per heavy atom. The van der Waals surface area contributed by atoms with E-state index in [4.69, 9.17) is 5.73 Å². The number of nitrogens with zero attached hydrogens (tertiary/aromatic N) is 2. The first-order valence-corrected chi connectivity index (χ1v) is 8.46. The van der Waals surface area contributed by atoms with Crippen LogP contribution in [0.15, 0.2) is 18.2 Å². The summed E-state index contributed by atoms with van der Waals surface area (Å²) in [4.78, 5) is 6.79. The molecule has 0 saturated heterocycles. The zero-order valence-electron chi connectivity index (χ0n) is 10.6. The molecule has 1 heterocycles. The summed E-state index contributed by atoms with van der Waals surface area (Å²) in [5.41, 5.74) is 6.76. The van der Waals surface area contributed by atoms with E-state index in [2.05, 4.69) is 22.4 Å². The van der Waals surface area contributed by atoms with Crippen molar-refractivity contribution >= 4 is 29.3 Å². The second-order valence-corrected chi connectivity index (χ2v) is 5.79. The Labute approximate surface area is 113 Å². The summed E-state index contributed by atoms with van der Waals surface area (Å²) in [7, 11) is 0. The van der Waals surface area contributed by atoms with Crippen molar-refractivity contribution in [2.24, 2.45) is 0 Å². The molecule has 0 aromatic carbocycles. The van der Waals surface area contributed by atoms with Crippen molar-refractivity contribution in [3.05, 3.63) is 23.9 Å². The van der Waals surface area contributed by atoms with Gasteiger partial charge < -0.3 is 5.73 Å². The number of nitrogen functional groups attached to an aromatic ring is 1. The van der Waals surface area contributed by atoms with Crippen LogP contribution in [0.5, 0.6) is 0 Å². The van der Waals surface area contributed by atoms with Crippen LogP contribution in [0.1, 0.15) is 5.69 Å². The fourth-order valence-electron chi connectivity index (χ4n) is 1.53. The predicted molar refractivity (Wildman–Crippen MR) is 80.7 cm³/mol. The molecule has 0 aliphatic rings. The van der Waals surface area contributed by atoms with E-state index in [9.17, 15) is 0 Å². The van der Waals surface area contributed by atoms with Crippen LogP contribution in [0.2, 0.25) is 0 Å². The first-order valence-electron chi connectivity index (χ1n) is 5.68. The normalized spacial score (nSPS) is 11.0. The molecule has 0 radical (unpaired) electrons. The van der Waals surface area contributed by atoms with Crippen molar-refractivity contribution < 1.29 is 0 Å². The molecule has 0 aliphatic carbocycles. The highest BCUT2D eigenvalue weighted by molar-refractivity contribution is 7.98. The van der Waals surface area contributed by atoms with Crippen LogP contribution >= 0.6 is 23.5 Å². The lowest BCUT2D eigenvalue weighted by atomic mass is 10.3. The molecule has 17 heavy (non-hydrogen) atoms. The van der Waals surface area contributed by atoms with Gasteiger partial charge in [-0.1, -0.05) is 6.07 Å². The summed E-state index contributed by atoms with van der Waals surface area (Å²) in [6, 6.07) is 5.85. The van der Waals surface area contributed by atoms with Gasteiger partial charge in [-0.3, -0.25) is 4.90 Å². The molecule has 1 rings (SSSR count). The maximum absolute atomic E-state index is 5.70. The van der Waals surface area contributed by atoms with Gasteiger partial charge in [0.25, 0.3) is 0 Å². The summed E-state index contributed by atoms with van der Waals surface area (Å²) in [5, 5.41) is 0. The maximum Gasteiger partial charge on any atom is 0.123 e. The van der Waals surface area contributed by atoms with Gasteiger partial charge in [-0.05, 0) is 24.6 Å². The molecule has 0 saturated carbocycles. The molecule has 0 fully saturated rings. The van der Waals surface area contributed by atoms with E-state index in [0.717, 1.165) is 36.8 Å². The number of thioether (sulfide) groups is 2. The minimum Gasteiger partial charge on any atom is -0.384 e. The number of hydrogen-bond donors (Lipinski definition) is 1. The van der Waals surface area contributed by atoms with Crippen molar-refractivity contribution in [3.8, 4) is 0 Å². The lowest BCUT2D eigenvalue weighted by Crippen LogP contribution is -2.28. The summed E-state index contributed by atoms with van der Waals surface area (Å²) in [5.74, 6) is 2.94. The van der Waals surface area contributed by atoms with Crippen molar-refractivity contribution in [1.29, 1.82) is 0 Å². The largest absolute Gasteiger partial charge is 0.384 e. The number of hydrogen-bond acceptors (Lipinski definition) is 5. The van der Waals surface area contributed by atoms with E-state index in [0.29, 0.717) is 5.82 Å². The summed E-state index contributed by atoms with van der Waals surface area (Å²) in [6.07, 6.45) is 4.29. The molecule has 5 heteroatoms. The average Bonchev–Trinajstić information content (AvgIpc) is 2.32. The first-order chi connectivity index (χ1) is 8.26. The van der Waals surface area contributed by atoms with E-state index >= 15 is 0 Å². The summed E-state index contributed by atoms with van der Waals surface area (Å²) < 4.78 is 0. The van der Waals surface area contributed by atoms with Crippen LogP contribution in [0.4, 0.5) is 5.82 Å². The van der Waals surface area contributed by atoms with Gasteiger partial charge in [0.15, 0.2) is 0 Å². The molecule has 96 valence electrons. The quantitative estimate of drug-likeness (QED) is 0.785. The van der Waals surface area contributed by atoms with E-state index < -0.39 is 0 Å². The zero-order valence-corrected chi connectivity index (χ0v) is 12.2. The summed E-state index contributed by atoms with van der Waals surface area (Å²) in [6.45, 7) is 3.11. The minimum atomic E-state index is 0.609. The third kappa shape index (κ3) is 6.19. The highest BCUT2D eigenvalue weighted by atomic mass is 32.2. The van der Waals surface area contributed by atoms with Crippen molar-refractivity contribution in [3.63, 3.8) is 0 Å². The third-order valence-corrected chi connectivity index (χ3v) is 3.62. The van der Waals surface area contributed by atoms with Crippen LogP contribution in [0.3, 0.4) is 0 Å². The van der Waals surface area contributed by atoms with Crippen LogP contribution < -0.4 is 5.73 Å². The SMILES string of the molecule is CSCCN(CCSC)Cc1cccc(N)n1. The van der Waals surface area contributed by atoms with Gasteiger partial charge >= 0.3 is 0 Å². The van der Waals surface area contributed by atoms with Crippen LogP contribution in [-0.4, -0.2) is 47.0 Å². The van der Waals surface area contributed by atoms with Crippen molar-refractivity contribution in [2.75, 3.05) is 42.8 Å². The monoisotopic (exact) mass is 271 g/mol. The molecule has 0 aliphatic heterocycles. The zero-order chi connectivity index (χ0) is 12.5. The Morgan fingerprint density at radius 2 is 1.82 bits per heavy atom. The standard InChI is InChI=1S/C12H21N3S2/c1-16-8-6-15(7-9-17-2)10-11-4-3-5-12(13)14-11/h3-5H,6-10H2,1-2H3,(H2,13,14). The number of nitrogens with two attached hydrogens (primary N) is 1. The first kappa shape index (κ1) is 14.7. The number of aromatic nitrogens is 1. The Kier molecular flexibility index (Phi) is 7.48. The van der Waals surface area contributed by atoms with E-state index in [1.54, 1.807) is 0 Å².